The average molecular weight is 455 g/mol. The van der Waals surface area contributed by atoms with Crippen LogP contribution in [0, 0.1) is 5.82 Å². The first-order valence-corrected chi connectivity index (χ1v) is 11.7. The largest absolute Gasteiger partial charge is 0.351 e. The molecule has 2 aromatic carbocycles. The fraction of sp³-hybridized carbons (Fsp3) is 0.261. The minimum absolute atomic E-state index is 0.307. The number of hydrogen-bond donors (Lipinski definition) is 1. The molecule has 3 aromatic rings. The van der Waals surface area contributed by atoms with Crippen LogP contribution in [0.5, 0.6) is 0 Å². The van der Waals surface area contributed by atoms with Crippen LogP contribution in [0.1, 0.15) is 37.8 Å². The second kappa shape index (κ2) is 9.20. The second-order valence-electron chi connectivity index (χ2n) is 7.24. The summed E-state index contributed by atoms with van der Waals surface area (Å²) >= 11 is 7.28. The average Bonchev–Trinajstić information content (AvgIpc) is 3.26. The van der Waals surface area contributed by atoms with Crippen LogP contribution < -0.4 is 5.32 Å². The highest BCUT2D eigenvalue weighted by Crippen LogP contribution is 2.37. The van der Waals surface area contributed by atoms with Crippen LogP contribution in [0.3, 0.4) is 0 Å². The minimum Gasteiger partial charge on any atom is -0.351 e. The van der Waals surface area contributed by atoms with Crippen LogP contribution >= 0.6 is 24.0 Å². The third-order valence-electron chi connectivity index (χ3n) is 5.23. The lowest BCUT2D eigenvalue weighted by Gasteiger charge is -2.37. The summed E-state index contributed by atoms with van der Waals surface area (Å²) < 4.78 is 19.7. The van der Waals surface area contributed by atoms with E-state index >= 15 is 0 Å². The smallest absolute Gasteiger partial charge is 0.258 e. The minimum atomic E-state index is -0.386. The Morgan fingerprint density at radius 3 is 2.68 bits per heavy atom. The molecule has 0 saturated heterocycles. The molecule has 5 nitrogen and oxygen atoms in total. The number of thioether (sulfide) groups is 1. The number of aromatic nitrogens is 2. The van der Waals surface area contributed by atoms with Crippen LogP contribution in [-0.2, 0) is 0 Å². The molecule has 0 bridgehead atoms. The quantitative estimate of drug-likeness (QED) is 0.380. The Labute approximate surface area is 190 Å². The van der Waals surface area contributed by atoms with Gasteiger partial charge in [0, 0.05) is 22.7 Å². The lowest BCUT2D eigenvalue weighted by molar-refractivity contribution is 0.396. The highest BCUT2D eigenvalue weighted by atomic mass is 32.2. The van der Waals surface area contributed by atoms with Gasteiger partial charge >= 0.3 is 0 Å². The van der Waals surface area contributed by atoms with Crippen molar-refractivity contribution in [1.82, 2.24) is 20.4 Å². The summed E-state index contributed by atoms with van der Waals surface area (Å²) in [6.07, 6.45) is 2.96. The molecule has 4 rings (SSSR count). The molecule has 1 unspecified atom stereocenters. The molecule has 1 aliphatic heterocycles. The summed E-state index contributed by atoms with van der Waals surface area (Å²) in [5.41, 5.74) is 3.34. The van der Waals surface area contributed by atoms with E-state index in [1.807, 2.05) is 48.4 Å². The van der Waals surface area contributed by atoms with Gasteiger partial charge in [-0.25, -0.2) is 4.39 Å². The van der Waals surface area contributed by atoms with Gasteiger partial charge in [0.2, 0.25) is 5.82 Å². The van der Waals surface area contributed by atoms with Crippen molar-refractivity contribution in [2.45, 2.75) is 31.2 Å². The van der Waals surface area contributed by atoms with Gasteiger partial charge in [-0.3, -0.25) is 0 Å². The topological polar surface area (TPSA) is 54.2 Å². The number of nitrogens with zero attached hydrogens (tertiary/aromatic N) is 3. The first-order valence-electron chi connectivity index (χ1n) is 10.0. The summed E-state index contributed by atoms with van der Waals surface area (Å²) in [7, 11) is 0. The predicted octanol–water partition coefficient (Wildman–Crippen LogP) is 5.67. The number of rotatable bonds is 6. The summed E-state index contributed by atoms with van der Waals surface area (Å²) in [5.74, 6) is 0.598. The third kappa shape index (κ3) is 4.36. The number of nitrogens with one attached hydrogen (secondary N) is 1. The molecule has 1 atom stereocenters. The third-order valence-corrected chi connectivity index (χ3v) is 6.31. The van der Waals surface area contributed by atoms with Crippen LogP contribution in [-0.4, -0.2) is 33.0 Å². The fourth-order valence-electron chi connectivity index (χ4n) is 3.68. The first kappa shape index (κ1) is 21.5. The highest BCUT2D eigenvalue weighted by molar-refractivity contribution is 7.98. The summed E-state index contributed by atoms with van der Waals surface area (Å²) in [6, 6.07) is 14.1. The van der Waals surface area contributed by atoms with Crippen molar-refractivity contribution >= 4 is 34.7 Å². The van der Waals surface area contributed by atoms with E-state index in [9.17, 15) is 4.39 Å². The molecule has 1 N–H and O–H groups in total. The maximum atomic E-state index is 14.0. The molecule has 8 heteroatoms. The number of halogens is 1. The maximum absolute atomic E-state index is 14.0. The van der Waals surface area contributed by atoms with Gasteiger partial charge in [0.05, 0.1) is 11.6 Å². The van der Waals surface area contributed by atoms with Crippen molar-refractivity contribution in [2.24, 2.45) is 0 Å². The van der Waals surface area contributed by atoms with E-state index in [-0.39, 0.29) is 11.9 Å². The van der Waals surface area contributed by atoms with Crippen molar-refractivity contribution in [3.63, 3.8) is 0 Å². The number of hydrogen-bond acceptors (Lipinski definition) is 5. The number of benzene rings is 2. The standard InChI is InChI=1S/C23H23FN4OS2/c1-4-12-28-14(2)19(20(25-23(28)30)16-6-5-7-17(24)13-16)22-26-21(27-29-22)15-8-10-18(31-3)11-9-15/h5-11,13,20H,4,12H2,1-3H3,(H,25,30). The van der Waals surface area contributed by atoms with Gasteiger partial charge in [-0.1, -0.05) is 24.2 Å². The van der Waals surface area contributed by atoms with E-state index in [1.54, 1.807) is 17.8 Å². The van der Waals surface area contributed by atoms with Gasteiger partial charge in [0.1, 0.15) is 5.82 Å². The van der Waals surface area contributed by atoms with E-state index in [4.69, 9.17) is 16.7 Å². The van der Waals surface area contributed by atoms with E-state index in [2.05, 4.69) is 22.4 Å². The highest BCUT2D eigenvalue weighted by Gasteiger charge is 2.33. The Kier molecular flexibility index (Phi) is 6.38. The van der Waals surface area contributed by atoms with Crippen molar-refractivity contribution in [1.29, 1.82) is 0 Å². The molecule has 2 heterocycles. The van der Waals surface area contributed by atoms with Gasteiger partial charge in [-0.15, -0.1) is 11.8 Å². The molecule has 0 saturated carbocycles. The number of thiocarbonyl (C=S) groups is 1. The summed E-state index contributed by atoms with van der Waals surface area (Å²) in [5, 5.41) is 8.15. The fourth-order valence-corrected chi connectivity index (χ4v) is 4.43. The monoisotopic (exact) mass is 454 g/mol. The molecule has 160 valence electrons. The lowest BCUT2D eigenvalue weighted by atomic mass is 9.94. The molecule has 1 aliphatic rings. The normalized spacial score (nSPS) is 16.6. The van der Waals surface area contributed by atoms with Crippen LogP contribution in [0.2, 0.25) is 0 Å². The maximum Gasteiger partial charge on any atom is 0.258 e. The van der Waals surface area contributed by atoms with Crippen LogP contribution in [0.4, 0.5) is 4.39 Å². The molecular formula is C23H23FN4OS2. The van der Waals surface area contributed by atoms with E-state index in [1.165, 1.54) is 12.1 Å². The zero-order chi connectivity index (χ0) is 22.0. The molecular weight excluding hydrogens is 431 g/mol. The molecule has 1 aromatic heterocycles. The van der Waals surface area contributed by atoms with Gasteiger partial charge < -0.3 is 14.7 Å². The second-order valence-corrected chi connectivity index (χ2v) is 8.51. The molecule has 0 aliphatic carbocycles. The van der Waals surface area contributed by atoms with Gasteiger partial charge in [0.15, 0.2) is 5.11 Å². The van der Waals surface area contributed by atoms with Crippen LogP contribution in [0.25, 0.3) is 17.0 Å². The number of allylic oxidation sites excluding steroid dienone is 1. The van der Waals surface area contributed by atoms with Gasteiger partial charge in [0.25, 0.3) is 5.89 Å². The molecule has 0 amide bonds. The SMILES string of the molecule is CCCN1C(=S)NC(c2cccc(F)c2)C(c2nc(-c3ccc(SC)cc3)no2)=C1C. The van der Waals surface area contributed by atoms with E-state index in [0.29, 0.717) is 16.8 Å². The zero-order valence-corrected chi connectivity index (χ0v) is 19.2. The van der Waals surface area contributed by atoms with E-state index in [0.717, 1.165) is 40.3 Å². The molecule has 0 fully saturated rings. The lowest BCUT2D eigenvalue weighted by Crippen LogP contribution is -2.46. The van der Waals surface area contributed by atoms with Gasteiger partial charge in [-0.05, 0) is 73.8 Å². The summed E-state index contributed by atoms with van der Waals surface area (Å²) in [6.45, 7) is 4.84. The van der Waals surface area contributed by atoms with Crippen molar-refractivity contribution in [3.8, 4) is 11.4 Å². The molecule has 31 heavy (non-hydrogen) atoms. The Balaban J connectivity index is 1.79. The Morgan fingerprint density at radius 2 is 2.00 bits per heavy atom. The summed E-state index contributed by atoms with van der Waals surface area (Å²) in [4.78, 5) is 7.87. The van der Waals surface area contributed by atoms with Crippen molar-refractivity contribution < 1.29 is 8.91 Å². The molecule has 0 radical (unpaired) electrons. The Hall–Kier alpha value is -2.71. The Bertz CT molecular complexity index is 1130. The van der Waals surface area contributed by atoms with Crippen LogP contribution in [0.15, 0.2) is 63.6 Å². The zero-order valence-electron chi connectivity index (χ0n) is 17.6. The van der Waals surface area contributed by atoms with Crippen molar-refractivity contribution in [2.75, 3.05) is 12.8 Å². The molecule has 0 spiro atoms. The first-order chi connectivity index (χ1) is 15.0. The van der Waals surface area contributed by atoms with Crippen molar-refractivity contribution in [3.05, 3.63) is 71.5 Å². The van der Waals surface area contributed by atoms with E-state index < -0.39 is 0 Å². The Morgan fingerprint density at radius 1 is 1.23 bits per heavy atom. The predicted molar refractivity (Wildman–Crippen MR) is 126 cm³/mol. The van der Waals surface area contributed by atoms with Gasteiger partial charge in [-0.2, -0.15) is 4.98 Å².